The molecule has 1 amide bonds. The van der Waals surface area contributed by atoms with E-state index in [1.165, 1.54) is 44.9 Å². The number of hydrogen-bond acceptors (Lipinski definition) is 2. The standard InChI is InChI=1S/C15H28N2O/c1-2-16-15(18)14-10-6-7-11-17(14)12-13-8-4-3-5-9-13/h13-14H,2-12H2,1H3,(H,16,18). The van der Waals surface area contributed by atoms with Gasteiger partial charge in [0.15, 0.2) is 0 Å². The summed E-state index contributed by atoms with van der Waals surface area (Å²) in [6.45, 7) is 5.04. The number of rotatable bonds is 4. The lowest BCUT2D eigenvalue weighted by Crippen LogP contribution is -2.51. The minimum atomic E-state index is 0.153. The number of nitrogens with one attached hydrogen (secondary N) is 1. The lowest BCUT2D eigenvalue weighted by atomic mass is 9.87. The van der Waals surface area contributed by atoms with Crippen LogP contribution in [0.4, 0.5) is 0 Å². The summed E-state index contributed by atoms with van der Waals surface area (Å²) in [6.07, 6.45) is 10.5. The molecule has 1 saturated heterocycles. The number of likely N-dealkylation sites (N-methyl/N-ethyl adjacent to an activating group) is 1. The molecule has 104 valence electrons. The highest BCUT2D eigenvalue weighted by Gasteiger charge is 2.30. The fourth-order valence-electron chi connectivity index (χ4n) is 3.50. The SMILES string of the molecule is CCNC(=O)C1CCCCN1CC1CCCCC1. The van der Waals surface area contributed by atoms with E-state index in [0.29, 0.717) is 0 Å². The van der Waals surface area contributed by atoms with E-state index in [9.17, 15) is 4.79 Å². The molecule has 3 heteroatoms. The zero-order valence-corrected chi connectivity index (χ0v) is 11.8. The van der Waals surface area contributed by atoms with E-state index >= 15 is 0 Å². The molecule has 2 aliphatic rings. The number of piperidine rings is 1. The van der Waals surface area contributed by atoms with Gasteiger partial charge in [-0.3, -0.25) is 9.69 Å². The van der Waals surface area contributed by atoms with Crippen molar-refractivity contribution in [2.75, 3.05) is 19.6 Å². The second kappa shape index (κ2) is 7.13. The van der Waals surface area contributed by atoms with Crippen molar-refractivity contribution in [3.05, 3.63) is 0 Å². The highest BCUT2D eigenvalue weighted by Crippen LogP contribution is 2.27. The maximum atomic E-state index is 12.1. The van der Waals surface area contributed by atoms with E-state index in [-0.39, 0.29) is 11.9 Å². The van der Waals surface area contributed by atoms with E-state index in [2.05, 4.69) is 10.2 Å². The third kappa shape index (κ3) is 3.71. The quantitative estimate of drug-likeness (QED) is 0.834. The zero-order valence-electron chi connectivity index (χ0n) is 11.8. The monoisotopic (exact) mass is 252 g/mol. The van der Waals surface area contributed by atoms with Crippen molar-refractivity contribution in [2.24, 2.45) is 5.92 Å². The first-order chi connectivity index (χ1) is 8.81. The number of amides is 1. The maximum absolute atomic E-state index is 12.1. The Morgan fingerprint density at radius 1 is 1.11 bits per heavy atom. The van der Waals surface area contributed by atoms with Crippen LogP contribution in [0.3, 0.4) is 0 Å². The zero-order chi connectivity index (χ0) is 12.8. The van der Waals surface area contributed by atoms with Gasteiger partial charge in [-0.05, 0) is 45.1 Å². The van der Waals surface area contributed by atoms with Crippen molar-refractivity contribution in [3.8, 4) is 0 Å². The molecule has 2 rings (SSSR count). The van der Waals surface area contributed by atoms with Gasteiger partial charge in [-0.1, -0.05) is 25.7 Å². The molecular formula is C15H28N2O. The Hall–Kier alpha value is -0.570. The molecule has 0 aromatic heterocycles. The van der Waals surface area contributed by atoms with Crippen LogP contribution < -0.4 is 5.32 Å². The Bertz CT molecular complexity index is 261. The first-order valence-corrected chi connectivity index (χ1v) is 7.83. The number of likely N-dealkylation sites (tertiary alicyclic amines) is 1. The van der Waals surface area contributed by atoms with E-state index in [1.807, 2.05) is 6.92 Å². The summed E-state index contributed by atoms with van der Waals surface area (Å²) in [5.74, 6) is 1.10. The lowest BCUT2D eigenvalue weighted by molar-refractivity contribution is -0.127. The van der Waals surface area contributed by atoms with E-state index in [0.717, 1.165) is 32.0 Å². The number of nitrogens with zero attached hydrogens (tertiary/aromatic N) is 1. The molecule has 2 fully saturated rings. The van der Waals surface area contributed by atoms with Gasteiger partial charge in [0.25, 0.3) is 0 Å². The third-order valence-electron chi connectivity index (χ3n) is 4.48. The van der Waals surface area contributed by atoms with Gasteiger partial charge >= 0.3 is 0 Å². The van der Waals surface area contributed by atoms with Gasteiger partial charge < -0.3 is 5.32 Å². The van der Waals surface area contributed by atoms with Gasteiger partial charge in [0.2, 0.25) is 5.91 Å². The molecule has 1 atom stereocenters. The fraction of sp³-hybridized carbons (Fsp3) is 0.933. The first kappa shape index (κ1) is 13.9. The molecule has 1 aliphatic carbocycles. The number of hydrogen-bond donors (Lipinski definition) is 1. The van der Waals surface area contributed by atoms with Crippen molar-refractivity contribution in [1.82, 2.24) is 10.2 Å². The van der Waals surface area contributed by atoms with Crippen LogP contribution in [0.25, 0.3) is 0 Å². The Balaban J connectivity index is 1.88. The summed E-state index contributed by atoms with van der Waals surface area (Å²) < 4.78 is 0. The van der Waals surface area contributed by atoms with Crippen LogP contribution >= 0.6 is 0 Å². The molecule has 18 heavy (non-hydrogen) atoms. The van der Waals surface area contributed by atoms with Gasteiger partial charge in [-0.15, -0.1) is 0 Å². The highest BCUT2D eigenvalue weighted by molar-refractivity contribution is 5.81. The van der Waals surface area contributed by atoms with Crippen molar-refractivity contribution in [3.63, 3.8) is 0 Å². The average molecular weight is 252 g/mol. The van der Waals surface area contributed by atoms with Gasteiger partial charge in [0.1, 0.15) is 0 Å². The molecule has 0 bridgehead atoms. The predicted octanol–water partition coefficient (Wildman–Crippen LogP) is 2.56. The lowest BCUT2D eigenvalue weighted by Gasteiger charge is -2.37. The van der Waals surface area contributed by atoms with Crippen LogP contribution in [0.15, 0.2) is 0 Å². The third-order valence-corrected chi connectivity index (χ3v) is 4.48. The average Bonchev–Trinajstić information content (AvgIpc) is 2.41. The van der Waals surface area contributed by atoms with Crippen LogP contribution in [0.1, 0.15) is 58.3 Å². The molecule has 1 N–H and O–H groups in total. The first-order valence-electron chi connectivity index (χ1n) is 7.83. The van der Waals surface area contributed by atoms with E-state index in [4.69, 9.17) is 0 Å². The predicted molar refractivity (Wildman–Crippen MR) is 74.5 cm³/mol. The summed E-state index contributed by atoms with van der Waals surface area (Å²) in [6, 6.07) is 0.153. The molecule has 0 aromatic rings. The Morgan fingerprint density at radius 2 is 1.83 bits per heavy atom. The Morgan fingerprint density at radius 3 is 2.56 bits per heavy atom. The van der Waals surface area contributed by atoms with Crippen LogP contribution in [0.2, 0.25) is 0 Å². The molecule has 1 saturated carbocycles. The summed E-state index contributed by atoms with van der Waals surface area (Å²) in [4.78, 5) is 14.6. The minimum Gasteiger partial charge on any atom is -0.355 e. The second-order valence-corrected chi connectivity index (χ2v) is 5.91. The summed E-state index contributed by atoms with van der Waals surface area (Å²) in [5, 5.41) is 3.00. The van der Waals surface area contributed by atoms with Crippen LogP contribution in [-0.2, 0) is 4.79 Å². The summed E-state index contributed by atoms with van der Waals surface area (Å²) in [5.41, 5.74) is 0. The molecule has 1 heterocycles. The van der Waals surface area contributed by atoms with E-state index in [1.54, 1.807) is 0 Å². The smallest absolute Gasteiger partial charge is 0.237 e. The van der Waals surface area contributed by atoms with E-state index < -0.39 is 0 Å². The summed E-state index contributed by atoms with van der Waals surface area (Å²) >= 11 is 0. The molecular weight excluding hydrogens is 224 g/mol. The largest absolute Gasteiger partial charge is 0.355 e. The molecule has 1 unspecified atom stereocenters. The topological polar surface area (TPSA) is 32.3 Å². The molecule has 3 nitrogen and oxygen atoms in total. The van der Waals surface area contributed by atoms with Gasteiger partial charge in [-0.2, -0.15) is 0 Å². The second-order valence-electron chi connectivity index (χ2n) is 5.91. The molecule has 1 aliphatic heterocycles. The van der Waals surface area contributed by atoms with Crippen LogP contribution in [-0.4, -0.2) is 36.5 Å². The molecule has 0 spiro atoms. The van der Waals surface area contributed by atoms with Crippen molar-refractivity contribution in [2.45, 2.75) is 64.3 Å². The normalized spacial score (nSPS) is 27.1. The molecule has 0 radical (unpaired) electrons. The van der Waals surface area contributed by atoms with Gasteiger partial charge in [-0.25, -0.2) is 0 Å². The highest BCUT2D eigenvalue weighted by atomic mass is 16.2. The van der Waals surface area contributed by atoms with Gasteiger partial charge in [0, 0.05) is 13.1 Å². The summed E-state index contributed by atoms with van der Waals surface area (Å²) in [7, 11) is 0. The number of carbonyl (C=O) groups excluding carboxylic acids is 1. The van der Waals surface area contributed by atoms with Gasteiger partial charge in [0.05, 0.1) is 6.04 Å². The van der Waals surface area contributed by atoms with Crippen molar-refractivity contribution >= 4 is 5.91 Å². The van der Waals surface area contributed by atoms with Crippen molar-refractivity contribution < 1.29 is 4.79 Å². The Kier molecular flexibility index (Phi) is 5.48. The number of carbonyl (C=O) groups is 1. The minimum absolute atomic E-state index is 0.153. The van der Waals surface area contributed by atoms with Crippen molar-refractivity contribution in [1.29, 1.82) is 0 Å². The fourth-order valence-corrected chi connectivity index (χ4v) is 3.50. The van der Waals surface area contributed by atoms with Crippen LogP contribution in [0, 0.1) is 5.92 Å². The van der Waals surface area contributed by atoms with Crippen LogP contribution in [0.5, 0.6) is 0 Å². The molecule has 0 aromatic carbocycles. The maximum Gasteiger partial charge on any atom is 0.237 e. The Labute approximate surface area is 111 Å².